The van der Waals surface area contributed by atoms with E-state index in [0.29, 0.717) is 13.1 Å². The first-order chi connectivity index (χ1) is 5.38. The molecule has 6 N–H and O–H groups in total. The van der Waals surface area contributed by atoms with E-state index in [4.69, 9.17) is 39.4 Å². The van der Waals surface area contributed by atoms with Gasteiger partial charge in [0.15, 0.2) is 0 Å². The smallest absolute Gasteiger partial charge is 0.282 e. The fourth-order valence-electron chi connectivity index (χ4n) is 0. The summed E-state index contributed by atoms with van der Waals surface area (Å²) in [5, 5.41) is 0. The highest BCUT2D eigenvalue weighted by Crippen LogP contribution is 1.38. The highest BCUT2D eigenvalue weighted by atomic mass is 35.6. The van der Waals surface area contributed by atoms with Crippen LogP contribution in [0, 0.1) is 21.6 Å². The molecule has 0 aromatic carbocycles. The van der Waals surface area contributed by atoms with Crippen LogP contribution in [0.2, 0.25) is 0 Å². The van der Waals surface area contributed by atoms with Crippen molar-refractivity contribution in [3.8, 4) is 0 Å². The highest BCUT2D eigenvalue weighted by molar-refractivity contribution is 4.26. The molecule has 0 aliphatic carbocycles. The van der Waals surface area contributed by atoms with Crippen LogP contribution in [0.15, 0.2) is 0 Å². The van der Waals surface area contributed by atoms with Gasteiger partial charge >= 0.3 is 0 Å². The summed E-state index contributed by atoms with van der Waals surface area (Å²) in [5.41, 5.74) is 9.81. The third kappa shape index (κ3) is 554. The van der Waals surface area contributed by atoms with E-state index < -0.39 is 21.6 Å². The first-order valence-corrected chi connectivity index (χ1v) is 4.18. The number of hydrogen-bond acceptors (Lipinski definition) is 8. The Balaban J connectivity index is -0.000000101. The second kappa shape index (κ2) is 17.4. The third-order valence-corrected chi connectivity index (χ3v) is 0.167. The van der Waals surface area contributed by atoms with E-state index in [1.165, 1.54) is 0 Å². The van der Waals surface area contributed by atoms with E-state index in [9.17, 15) is 0 Å². The molecule has 0 amide bonds. The summed E-state index contributed by atoms with van der Waals surface area (Å²) in [4.78, 5) is 0. The first-order valence-electron chi connectivity index (χ1n) is 2.27. The van der Waals surface area contributed by atoms with Crippen molar-refractivity contribution < 1.29 is 49.5 Å². The van der Waals surface area contributed by atoms with Gasteiger partial charge in [0.05, 0.1) is 0 Å². The van der Waals surface area contributed by atoms with Gasteiger partial charge in [-0.3, -0.25) is 0 Å². The van der Waals surface area contributed by atoms with E-state index in [1.54, 1.807) is 0 Å². The fourth-order valence-corrected chi connectivity index (χ4v) is 0. The average molecular weight is 229 g/mol. The van der Waals surface area contributed by atoms with E-state index in [-0.39, 0.29) is 0 Å². The molecule has 12 heavy (non-hydrogen) atoms. The first kappa shape index (κ1) is 18.1. The van der Waals surface area contributed by atoms with Crippen LogP contribution in [0.1, 0.15) is 0 Å². The van der Waals surface area contributed by atoms with E-state index in [0.717, 1.165) is 0 Å². The minimum atomic E-state index is -2.60. The molecule has 0 saturated heterocycles. The van der Waals surface area contributed by atoms with E-state index in [1.807, 2.05) is 0 Å². The molecule has 0 heterocycles. The van der Waals surface area contributed by atoms with Gasteiger partial charge in [0.25, 0.3) is 21.6 Å². The third-order valence-electron chi connectivity index (χ3n) is 0.167. The largest absolute Gasteiger partial charge is 0.329 e. The Bertz CT molecular complexity index is 52.0. The van der Waals surface area contributed by atoms with Gasteiger partial charge in [-0.25, -0.2) is 0 Å². The predicted molar refractivity (Wildman–Crippen MR) is 22.5 cm³/mol. The maximum Gasteiger partial charge on any atom is 0.282 e. The van der Waals surface area contributed by atoms with Gasteiger partial charge in [-0.2, -0.15) is 0 Å². The van der Waals surface area contributed by atoms with Crippen molar-refractivity contribution in [2.24, 2.45) is 11.5 Å². The molecule has 0 spiro atoms. The summed E-state index contributed by atoms with van der Waals surface area (Å²) < 4.78 is 47.9. The lowest BCUT2D eigenvalue weighted by Crippen LogP contribution is -2.30. The zero-order valence-electron chi connectivity index (χ0n) is 5.85. The van der Waals surface area contributed by atoms with Crippen molar-refractivity contribution >= 4 is 0 Å². The Morgan fingerprint density at radius 3 is 0.917 bits per heavy atom. The van der Waals surface area contributed by atoms with Gasteiger partial charge in [0, 0.05) is 22.4 Å². The zero-order valence-corrected chi connectivity index (χ0v) is 7.36. The summed E-state index contributed by atoms with van der Waals surface area (Å²) in [7, 11) is -5.20. The maximum absolute atomic E-state index is 8.52. The van der Waals surface area contributed by atoms with Crippen LogP contribution in [-0.2, 0) is 0 Å². The van der Waals surface area contributed by atoms with Crippen LogP contribution in [0.5, 0.6) is 0 Å². The van der Waals surface area contributed by atoms with Crippen molar-refractivity contribution in [2.75, 3.05) is 13.1 Å². The van der Waals surface area contributed by atoms with Crippen LogP contribution in [0.3, 0.4) is 0 Å². The summed E-state index contributed by atoms with van der Waals surface area (Å²) in [6, 6.07) is 0. The van der Waals surface area contributed by atoms with Crippen LogP contribution in [0.25, 0.3) is 0 Å². The second-order valence-corrected chi connectivity index (χ2v) is 1.78. The van der Waals surface area contributed by atoms with Gasteiger partial charge in [0.1, 0.15) is 0 Å². The Morgan fingerprint density at radius 2 is 0.917 bits per heavy atom. The molecule has 78 valence electrons. The Kier molecular flexibility index (Phi) is 26.2. The minimum Gasteiger partial charge on any atom is -0.329 e. The molecule has 0 aromatic rings. The lowest BCUT2D eigenvalue weighted by atomic mass is 10.7. The number of halogens is 2. The molecule has 10 heteroatoms. The zero-order chi connectivity index (χ0) is 10.6. The van der Waals surface area contributed by atoms with Crippen LogP contribution >= 0.6 is 0 Å². The molecule has 0 fully saturated rings. The molecular weight excluding hydrogens is 219 g/mol. The summed E-state index contributed by atoms with van der Waals surface area (Å²) in [6.07, 6.45) is 0. The molecule has 0 saturated carbocycles. The van der Waals surface area contributed by atoms with E-state index >= 15 is 0 Å². The quantitative estimate of drug-likeness (QED) is 0.341. The summed E-state index contributed by atoms with van der Waals surface area (Å²) in [6.45, 7) is 1.19. The van der Waals surface area contributed by atoms with Gasteiger partial charge < -0.3 is 30.1 Å². The molecule has 0 bridgehead atoms. The molecular formula is C2H10Cl2N2O6. The molecule has 0 aliphatic heterocycles. The lowest BCUT2D eigenvalue weighted by Gasteiger charge is -1.72. The van der Waals surface area contributed by atoms with Gasteiger partial charge in [-0.1, -0.05) is 0 Å². The number of rotatable bonds is 1. The summed E-state index contributed by atoms with van der Waals surface area (Å²) >= 11 is 0. The average Bonchev–Trinajstić information content (AvgIpc) is 1.85. The van der Waals surface area contributed by atoms with Crippen LogP contribution in [0.4, 0.5) is 0 Å². The Labute approximate surface area is 74.8 Å². The molecule has 0 radical (unpaired) electrons. The molecule has 0 rings (SSSR count). The highest BCUT2D eigenvalue weighted by Gasteiger charge is 1.79. The normalized spacial score (nSPS) is 8.50. The molecule has 0 atom stereocenters. The Morgan fingerprint density at radius 1 is 0.833 bits per heavy atom. The predicted octanol–water partition coefficient (Wildman–Crippen LogP) is -6.97. The van der Waals surface area contributed by atoms with Crippen molar-refractivity contribution in [1.82, 2.24) is 0 Å². The topological polar surface area (TPSA) is 185 Å². The van der Waals surface area contributed by atoms with Crippen molar-refractivity contribution in [2.45, 2.75) is 0 Å². The maximum atomic E-state index is 8.52. The standard InChI is InChI=1S/C2H8N2.2ClHO3/c3-1-2-4;2*2-1(3)4/h1-4H2;2*2H. The van der Waals surface area contributed by atoms with Gasteiger partial charge in [-0.15, -0.1) is 0 Å². The van der Waals surface area contributed by atoms with E-state index in [2.05, 4.69) is 0 Å². The SMILES string of the molecule is NCCN.[O-][Cl+2]([O-])O.[O-][Cl+2]([O-])O. The number of hydrogen-bond donors (Lipinski definition) is 4. The molecule has 0 unspecified atom stereocenters. The molecule has 8 nitrogen and oxygen atoms in total. The second-order valence-electron chi connectivity index (χ2n) is 0.979. The van der Waals surface area contributed by atoms with Crippen molar-refractivity contribution in [3.63, 3.8) is 0 Å². The van der Waals surface area contributed by atoms with Crippen molar-refractivity contribution in [3.05, 3.63) is 0 Å². The summed E-state index contributed by atoms with van der Waals surface area (Å²) in [5.74, 6) is 0. The Hall–Kier alpha value is 0.260. The van der Waals surface area contributed by atoms with Crippen molar-refractivity contribution in [1.29, 1.82) is 0 Å². The molecule has 0 aromatic heterocycles. The van der Waals surface area contributed by atoms with Gasteiger partial charge in [-0.05, 0) is 0 Å². The minimum absolute atomic E-state index is 0.597. The lowest BCUT2D eigenvalue weighted by molar-refractivity contribution is -1.63. The fraction of sp³-hybridized carbons (Fsp3) is 1.00. The van der Waals surface area contributed by atoms with Gasteiger partial charge in [0.2, 0.25) is 0 Å². The van der Waals surface area contributed by atoms with Crippen LogP contribution < -0.4 is 30.1 Å². The number of nitrogens with two attached hydrogens (primary N) is 2. The molecule has 0 aliphatic rings. The van der Waals surface area contributed by atoms with Crippen LogP contribution in [-0.4, -0.2) is 22.4 Å². The monoisotopic (exact) mass is 228 g/mol.